The number of hydrogen-bond donors (Lipinski definition) is 1. The molecule has 1 aliphatic heterocycles. The van der Waals surface area contributed by atoms with Crippen molar-refractivity contribution < 1.29 is 14.3 Å². The smallest absolute Gasteiger partial charge is 0.258 e. The second-order valence-corrected chi connectivity index (χ2v) is 6.11. The number of methoxy groups -OCH3 is 1. The van der Waals surface area contributed by atoms with Gasteiger partial charge in [-0.15, -0.1) is 0 Å². The average molecular weight is 342 g/mol. The van der Waals surface area contributed by atoms with Crippen molar-refractivity contribution in [2.75, 3.05) is 27.3 Å². The number of carbonyl (C=O) groups excluding carboxylic acids is 2. The van der Waals surface area contributed by atoms with Crippen LogP contribution in [-0.4, -0.2) is 59.3 Å². The van der Waals surface area contributed by atoms with E-state index in [0.717, 1.165) is 12.1 Å². The monoisotopic (exact) mass is 342 g/mol. The van der Waals surface area contributed by atoms with Crippen molar-refractivity contribution in [2.24, 2.45) is 0 Å². The molecule has 0 radical (unpaired) electrons. The van der Waals surface area contributed by atoms with Gasteiger partial charge in [0.05, 0.1) is 24.1 Å². The third kappa shape index (κ3) is 3.02. The number of likely N-dealkylation sites (N-methyl/N-ethyl adjacent to an activating group) is 1. The molecule has 1 N–H and O–H groups in total. The highest BCUT2D eigenvalue weighted by atomic mass is 16.5. The van der Waals surface area contributed by atoms with E-state index in [1.165, 1.54) is 6.20 Å². The molecule has 7 nitrogen and oxygen atoms in total. The number of benzene rings is 1. The summed E-state index contributed by atoms with van der Waals surface area (Å²) in [4.78, 5) is 27.1. The van der Waals surface area contributed by atoms with Gasteiger partial charge in [0.25, 0.3) is 5.91 Å². The highest BCUT2D eigenvalue weighted by Crippen LogP contribution is 2.31. The number of hydrogen-bond acceptors (Lipinski definition) is 4. The maximum absolute atomic E-state index is 13.0. The Labute approximate surface area is 146 Å². The Morgan fingerprint density at radius 3 is 2.76 bits per heavy atom. The summed E-state index contributed by atoms with van der Waals surface area (Å²) in [6, 6.07) is 9.57. The Kier molecular flexibility index (Phi) is 4.85. The van der Waals surface area contributed by atoms with Crippen LogP contribution in [0.3, 0.4) is 0 Å². The Balaban J connectivity index is 1.89. The number of likely N-dealkylation sites (tertiary alicyclic amines) is 1. The van der Waals surface area contributed by atoms with Crippen LogP contribution in [0.1, 0.15) is 23.2 Å². The van der Waals surface area contributed by atoms with Gasteiger partial charge in [-0.1, -0.05) is 18.2 Å². The fraction of sp³-hybridized carbons (Fsp3) is 0.389. The lowest BCUT2D eigenvalue weighted by atomic mass is 9.95. The molecular formula is C18H22N4O3. The zero-order chi connectivity index (χ0) is 17.9. The number of amides is 2. The molecule has 0 spiro atoms. The first kappa shape index (κ1) is 17.2. The fourth-order valence-corrected chi connectivity index (χ4v) is 3.41. The molecule has 0 bridgehead atoms. The number of nitrogens with one attached hydrogen (secondary N) is 1. The van der Waals surface area contributed by atoms with E-state index in [-0.39, 0.29) is 18.4 Å². The lowest BCUT2D eigenvalue weighted by molar-refractivity contribution is -0.133. The average Bonchev–Trinajstić information content (AvgIpc) is 3.29. The van der Waals surface area contributed by atoms with Gasteiger partial charge in [-0.3, -0.25) is 9.59 Å². The number of para-hydroxylation sites is 1. The van der Waals surface area contributed by atoms with Crippen LogP contribution >= 0.6 is 0 Å². The van der Waals surface area contributed by atoms with E-state index in [9.17, 15) is 9.59 Å². The third-order valence-corrected chi connectivity index (χ3v) is 4.62. The van der Waals surface area contributed by atoms with Gasteiger partial charge in [-0.2, -0.15) is 5.10 Å². The first-order valence-corrected chi connectivity index (χ1v) is 8.25. The van der Waals surface area contributed by atoms with Gasteiger partial charge in [-0.05, 0) is 25.0 Å². The largest absolute Gasteiger partial charge is 0.382 e. The molecule has 3 rings (SSSR count). The molecule has 2 aromatic rings. The molecule has 0 aliphatic carbocycles. The van der Waals surface area contributed by atoms with Crippen LogP contribution in [0.4, 0.5) is 0 Å². The first-order valence-electron chi connectivity index (χ1n) is 8.25. The van der Waals surface area contributed by atoms with E-state index in [2.05, 4.69) is 10.4 Å². The minimum atomic E-state index is -0.963. The molecule has 2 heterocycles. The van der Waals surface area contributed by atoms with Gasteiger partial charge < -0.3 is 15.0 Å². The molecule has 0 saturated carbocycles. The fourth-order valence-electron chi connectivity index (χ4n) is 3.41. The van der Waals surface area contributed by atoms with Crippen LogP contribution in [0.2, 0.25) is 0 Å². The van der Waals surface area contributed by atoms with E-state index in [0.29, 0.717) is 18.5 Å². The minimum absolute atomic E-state index is 0.172. The van der Waals surface area contributed by atoms with Crippen molar-refractivity contribution in [1.82, 2.24) is 20.0 Å². The molecule has 7 heteroatoms. The van der Waals surface area contributed by atoms with Gasteiger partial charge in [0.1, 0.15) is 5.54 Å². The normalized spacial score (nSPS) is 19.8. The SMILES string of the molecule is CNC(=O)C1(COC)CCCN1C(=O)c1cnn(-c2ccccc2)c1. The summed E-state index contributed by atoms with van der Waals surface area (Å²) in [5.74, 6) is -0.406. The third-order valence-electron chi connectivity index (χ3n) is 4.62. The molecule has 132 valence electrons. The number of ether oxygens (including phenoxy) is 1. The number of carbonyl (C=O) groups is 2. The van der Waals surface area contributed by atoms with Gasteiger partial charge >= 0.3 is 0 Å². The van der Waals surface area contributed by atoms with Crippen LogP contribution in [0, 0.1) is 0 Å². The van der Waals surface area contributed by atoms with E-state index in [1.54, 1.807) is 29.9 Å². The van der Waals surface area contributed by atoms with E-state index >= 15 is 0 Å². The zero-order valence-electron chi connectivity index (χ0n) is 14.4. The van der Waals surface area contributed by atoms with Crippen molar-refractivity contribution in [1.29, 1.82) is 0 Å². The molecule has 1 atom stereocenters. The topological polar surface area (TPSA) is 76.5 Å². The summed E-state index contributed by atoms with van der Waals surface area (Å²) in [6.07, 6.45) is 4.57. The Morgan fingerprint density at radius 1 is 1.32 bits per heavy atom. The van der Waals surface area contributed by atoms with E-state index in [4.69, 9.17) is 4.74 Å². The summed E-state index contributed by atoms with van der Waals surface area (Å²) < 4.78 is 6.92. The predicted molar refractivity (Wildman–Crippen MR) is 92.5 cm³/mol. The van der Waals surface area contributed by atoms with Crippen LogP contribution in [-0.2, 0) is 9.53 Å². The lowest BCUT2D eigenvalue weighted by Crippen LogP contribution is -2.59. The molecule has 1 aliphatic rings. The summed E-state index contributed by atoms with van der Waals surface area (Å²) >= 11 is 0. The molecular weight excluding hydrogens is 320 g/mol. The second-order valence-electron chi connectivity index (χ2n) is 6.11. The number of nitrogens with zero attached hydrogens (tertiary/aromatic N) is 3. The molecule has 25 heavy (non-hydrogen) atoms. The van der Waals surface area contributed by atoms with Crippen molar-refractivity contribution in [3.63, 3.8) is 0 Å². The zero-order valence-corrected chi connectivity index (χ0v) is 14.4. The lowest BCUT2D eigenvalue weighted by Gasteiger charge is -2.36. The molecule has 1 aromatic carbocycles. The van der Waals surface area contributed by atoms with Gasteiger partial charge in [0.15, 0.2) is 0 Å². The van der Waals surface area contributed by atoms with Gasteiger partial charge in [-0.25, -0.2) is 4.68 Å². The summed E-state index contributed by atoms with van der Waals surface area (Å²) in [5.41, 5.74) is 0.364. The minimum Gasteiger partial charge on any atom is -0.382 e. The van der Waals surface area contributed by atoms with Crippen molar-refractivity contribution in [3.8, 4) is 5.69 Å². The Bertz CT molecular complexity index is 759. The molecule has 1 aromatic heterocycles. The van der Waals surface area contributed by atoms with E-state index < -0.39 is 5.54 Å². The van der Waals surface area contributed by atoms with Crippen LogP contribution < -0.4 is 5.32 Å². The highest BCUT2D eigenvalue weighted by molar-refractivity contribution is 5.99. The summed E-state index contributed by atoms with van der Waals surface area (Å²) in [6.45, 7) is 0.692. The molecule has 1 fully saturated rings. The summed E-state index contributed by atoms with van der Waals surface area (Å²) in [5, 5.41) is 6.94. The van der Waals surface area contributed by atoms with Crippen LogP contribution in [0.15, 0.2) is 42.7 Å². The van der Waals surface area contributed by atoms with Gasteiger partial charge in [0, 0.05) is 26.9 Å². The van der Waals surface area contributed by atoms with Crippen molar-refractivity contribution in [3.05, 3.63) is 48.3 Å². The maximum atomic E-state index is 13.0. The van der Waals surface area contributed by atoms with E-state index in [1.807, 2.05) is 30.3 Å². The maximum Gasteiger partial charge on any atom is 0.258 e. The van der Waals surface area contributed by atoms with Crippen LogP contribution in [0.25, 0.3) is 5.69 Å². The number of aromatic nitrogens is 2. The number of rotatable bonds is 5. The van der Waals surface area contributed by atoms with Crippen LogP contribution in [0.5, 0.6) is 0 Å². The summed E-state index contributed by atoms with van der Waals surface area (Å²) in [7, 11) is 3.12. The Hall–Kier alpha value is -2.67. The molecule has 1 saturated heterocycles. The van der Waals surface area contributed by atoms with Gasteiger partial charge in [0.2, 0.25) is 5.91 Å². The molecule has 1 unspecified atom stereocenters. The highest BCUT2D eigenvalue weighted by Gasteiger charge is 2.49. The first-order chi connectivity index (χ1) is 12.1. The second kappa shape index (κ2) is 7.06. The standard InChI is InChI=1S/C18H22N4O3/c1-19-17(24)18(13-25-2)9-6-10-21(18)16(23)14-11-20-22(12-14)15-7-4-3-5-8-15/h3-5,7-8,11-12H,6,9-10,13H2,1-2H3,(H,19,24). The van der Waals surface area contributed by atoms with Crippen molar-refractivity contribution in [2.45, 2.75) is 18.4 Å². The van der Waals surface area contributed by atoms with Crippen molar-refractivity contribution >= 4 is 11.8 Å². The quantitative estimate of drug-likeness (QED) is 0.887. The Morgan fingerprint density at radius 2 is 2.08 bits per heavy atom. The molecule has 2 amide bonds. The predicted octanol–water partition coefficient (Wildman–Crippen LogP) is 1.24.